The van der Waals surface area contributed by atoms with E-state index in [1.54, 1.807) is 0 Å². The van der Waals surface area contributed by atoms with Crippen molar-refractivity contribution < 1.29 is 8.78 Å². The maximum atomic E-state index is 13.5. The number of benzene rings is 1. The normalized spacial score (nSPS) is 26.8. The number of halogens is 2. The Kier molecular flexibility index (Phi) is 2.27. The third-order valence-electron chi connectivity index (χ3n) is 2.88. The number of rotatable bonds is 1. The van der Waals surface area contributed by atoms with E-state index in [-0.39, 0.29) is 5.56 Å². The van der Waals surface area contributed by atoms with Crippen LogP contribution in [0.2, 0.25) is 0 Å². The molecule has 0 amide bonds. The molecule has 1 fully saturated rings. The fourth-order valence-electron chi connectivity index (χ4n) is 2.13. The molecule has 0 aliphatic carbocycles. The monoisotopic (exact) mass is 197 g/mol. The van der Waals surface area contributed by atoms with Gasteiger partial charge in [-0.05, 0) is 38.4 Å². The Labute approximate surface area is 82.1 Å². The van der Waals surface area contributed by atoms with E-state index in [1.807, 2.05) is 6.92 Å². The zero-order chi connectivity index (χ0) is 10.2. The molecule has 1 nitrogen and oxygen atoms in total. The van der Waals surface area contributed by atoms with Crippen LogP contribution in [0.25, 0.3) is 0 Å². The summed E-state index contributed by atoms with van der Waals surface area (Å²) >= 11 is 0. The van der Waals surface area contributed by atoms with Crippen LogP contribution in [0.15, 0.2) is 18.2 Å². The molecule has 1 aromatic rings. The van der Waals surface area contributed by atoms with E-state index < -0.39 is 17.2 Å². The highest BCUT2D eigenvalue weighted by molar-refractivity contribution is 5.28. The van der Waals surface area contributed by atoms with Gasteiger partial charge in [0.2, 0.25) is 0 Å². The lowest BCUT2D eigenvalue weighted by Crippen LogP contribution is -2.35. The molecule has 14 heavy (non-hydrogen) atoms. The maximum absolute atomic E-state index is 13.5. The van der Waals surface area contributed by atoms with E-state index in [1.165, 1.54) is 18.2 Å². The second-order valence-electron chi connectivity index (χ2n) is 3.96. The van der Waals surface area contributed by atoms with Gasteiger partial charge in [-0.2, -0.15) is 0 Å². The van der Waals surface area contributed by atoms with Crippen LogP contribution in [0.4, 0.5) is 8.78 Å². The highest BCUT2D eigenvalue weighted by Gasteiger charge is 2.34. The number of hydrogen-bond acceptors (Lipinski definition) is 1. The molecule has 1 heterocycles. The van der Waals surface area contributed by atoms with Crippen molar-refractivity contribution in [1.29, 1.82) is 0 Å². The molecule has 0 aromatic heterocycles. The summed E-state index contributed by atoms with van der Waals surface area (Å²) in [5, 5.41) is 3.15. The Morgan fingerprint density at radius 2 is 1.93 bits per heavy atom. The molecule has 2 rings (SSSR count). The average Bonchev–Trinajstić information content (AvgIpc) is 2.52. The van der Waals surface area contributed by atoms with E-state index >= 15 is 0 Å². The SMILES string of the molecule is CC1(c2c(F)cccc2F)CCCN1. The van der Waals surface area contributed by atoms with Crippen molar-refractivity contribution in [2.75, 3.05) is 6.54 Å². The van der Waals surface area contributed by atoms with Gasteiger partial charge in [0.15, 0.2) is 0 Å². The summed E-state index contributed by atoms with van der Waals surface area (Å²) in [6.07, 6.45) is 1.75. The molecule has 0 radical (unpaired) electrons. The third-order valence-corrected chi connectivity index (χ3v) is 2.88. The van der Waals surface area contributed by atoms with E-state index in [0.717, 1.165) is 19.4 Å². The Morgan fingerprint density at radius 1 is 1.29 bits per heavy atom. The molecule has 1 aromatic carbocycles. The molecule has 1 saturated heterocycles. The molecule has 0 saturated carbocycles. The van der Waals surface area contributed by atoms with Crippen molar-refractivity contribution in [2.45, 2.75) is 25.3 Å². The summed E-state index contributed by atoms with van der Waals surface area (Å²) in [7, 11) is 0. The summed E-state index contributed by atoms with van der Waals surface area (Å²) in [6, 6.07) is 4.01. The fraction of sp³-hybridized carbons (Fsp3) is 0.455. The minimum absolute atomic E-state index is 0.178. The lowest BCUT2D eigenvalue weighted by Gasteiger charge is -2.25. The van der Waals surface area contributed by atoms with Crippen LogP contribution in [0.1, 0.15) is 25.3 Å². The van der Waals surface area contributed by atoms with Crippen LogP contribution in [0.5, 0.6) is 0 Å². The minimum Gasteiger partial charge on any atom is -0.307 e. The summed E-state index contributed by atoms with van der Waals surface area (Å²) in [5.41, 5.74) is -0.354. The summed E-state index contributed by atoms with van der Waals surface area (Å²) in [4.78, 5) is 0. The first-order valence-electron chi connectivity index (χ1n) is 4.83. The number of hydrogen-bond donors (Lipinski definition) is 1. The van der Waals surface area contributed by atoms with Gasteiger partial charge in [-0.15, -0.1) is 0 Å². The van der Waals surface area contributed by atoms with Gasteiger partial charge in [0.1, 0.15) is 11.6 Å². The van der Waals surface area contributed by atoms with Gasteiger partial charge in [0, 0.05) is 11.1 Å². The van der Waals surface area contributed by atoms with E-state index in [2.05, 4.69) is 5.32 Å². The quantitative estimate of drug-likeness (QED) is 0.729. The highest BCUT2D eigenvalue weighted by atomic mass is 19.1. The molecule has 0 bridgehead atoms. The average molecular weight is 197 g/mol. The predicted molar refractivity (Wildman–Crippen MR) is 50.9 cm³/mol. The number of nitrogens with one attached hydrogen (secondary N) is 1. The molecule has 1 unspecified atom stereocenters. The molecular weight excluding hydrogens is 184 g/mol. The first kappa shape index (κ1) is 9.59. The van der Waals surface area contributed by atoms with Crippen molar-refractivity contribution in [3.63, 3.8) is 0 Å². The summed E-state index contributed by atoms with van der Waals surface area (Å²) in [5.74, 6) is -0.913. The van der Waals surface area contributed by atoms with E-state index in [4.69, 9.17) is 0 Å². The minimum atomic E-state index is -0.532. The topological polar surface area (TPSA) is 12.0 Å². The van der Waals surface area contributed by atoms with Gasteiger partial charge in [-0.1, -0.05) is 6.07 Å². The van der Waals surface area contributed by atoms with Crippen LogP contribution >= 0.6 is 0 Å². The lowest BCUT2D eigenvalue weighted by atomic mass is 9.90. The smallest absolute Gasteiger partial charge is 0.131 e. The second kappa shape index (κ2) is 3.31. The van der Waals surface area contributed by atoms with Gasteiger partial charge < -0.3 is 5.32 Å². The van der Waals surface area contributed by atoms with Crippen molar-refractivity contribution in [2.24, 2.45) is 0 Å². The molecule has 1 N–H and O–H groups in total. The van der Waals surface area contributed by atoms with Crippen LogP contribution in [-0.2, 0) is 5.54 Å². The van der Waals surface area contributed by atoms with Crippen LogP contribution in [-0.4, -0.2) is 6.54 Å². The van der Waals surface area contributed by atoms with Gasteiger partial charge in [-0.25, -0.2) is 8.78 Å². The fourth-order valence-corrected chi connectivity index (χ4v) is 2.13. The Balaban J connectivity index is 2.49. The summed E-state index contributed by atoms with van der Waals surface area (Å²) in [6.45, 7) is 2.67. The lowest BCUT2D eigenvalue weighted by molar-refractivity contribution is 0.386. The Morgan fingerprint density at radius 3 is 2.43 bits per heavy atom. The van der Waals surface area contributed by atoms with Gasteiger partial charge in [0.05, 0.1) is 0 Å². The van der Waals surface area contributed by atoms with E-state index in [9.17, 15) is 8.78 Å². The molecule has 1 atom stereocenters. The second-order valence-corrected chi connectivity index (χ2v) is 3.96. The molecule has 3 heteroatoms. The molecule has 1 aliphatic rings. The van der Waals surface area contributed by atoms with Crippen LogP contribution in [0, 0.1) is 11.6 Å². The van der Waals surface area contributed by atoms with Crippen LogP contribution in [0.3, 0.4) is 0 Å². The van der Waals surface area contributed by atoms with E-state index in [0.29, 0.717) is 0 Å². The summed E-state index contributed by atoms with van der Waals surface area (Å²) < 4.78 is 26.9. The standard InChI is InChI=1S/C11H13F2N/c1-11(6-3-7-14-11)10-8(12)4-2-5-9(10)13/h2,4-5,14H,3,6-7H2,1H3. The largest absolute Gasteiger partial charge is 0.307 e. The van der Waals surface area contributed by atoms with Gasteiger partial charge in [0.25, 0.3) is 0 Å². The first-order chi connectivity index (χ1) is 6.63. The van der Waals surface area contributed by atoms with Crippen LogP contribution < -0.4 is 5.32 Å². The van der Waals surface area contributed by atoms with Crippen molar-refractivity contribution in [1.82, 2.24) is 5.32 Å². The predicted octanol–water partition coefficient (Wildman–Crippen LogP) is 2.56. The maximum Gasteiger partial charge on any atom is 0.131 e. The zero-order valence-electron chi connectivity index (χ0n) is 8.11. The Hall–Kier alpha value is -0.960. The van der Waals surface area contributed by atoms with Gasteiger partial charge >= 0.3 is 0 Å². The van der Waals surface area contributed by atoms with Crippen molar-refractivity contribution in [3.05, 3.63) is 35.4 Å². The zero-order valence-corrected chi connectivity index (χ0v) is 8.11. The molecular formula is C11H13F2N. The van der Waals surface area contributed by atoms with Crippen molar-refractivity contribution in [3.8, 4) is 0 Å². The third kappa shape index (κ3) is 1.42. The van der Waals surface area contributed by atoms with Gasteiger partial charge in [-0.3, -0.25) is 0 Å². The van der Waals surface area contributed by atoms with Crippen molar-refractivity contribution >= 4 is 0 Å². The first-order valence-corrected chi connectivity index (χ1v) is 4.83. The highest BCUT2D eigenvalue weighted by Crippen LogP contribution is 2.33. The molecule has 0 spiro atoms. The molecule has 76 valence electrons. The molecule has 1 aliphatic heterocycles. The Bertz CT molecular complexity index is 323.